The highest BCUT2D eigenvalue weighted by Gasteiger charge is 2.16. The SMILES string of the molecule is CC(C)N(CC(=O)O)Cc1cc(I)cc([N+](=O)[O-])c1. The predicted molar refractivity (Wildman–Crippen MR) is 79.0 cm³/mol. The summed E-state index contributed by atoms with van der Waals surface area (Å²) in [5.41, 5.74) is 0.773. The predicted octanol–water partition coefficient (Wildman–Crippen LogP) is 2.49. The molecule has 0 radical (unpaired) electrons. The fourth-order valence-corrected chi connectivity index (χ4v) is 2.38. The molecule has 0 amide bonds. The number of rotatable bonds is 6. The van der Waals surface area contributed by atoms with Crippen LogP contribution in [-0.4, -0.2) is 33.5 Å². The number of halogens is 1. The van der Waals surface area contributed by atoms with Crippen molar-refractivity contribution in [2.75, 3.05) is 6.54 Å². The smallest absolute Gasteiger partial charge is 0.317 e. The van der Waals surface area contributed by atoms with Crippen LogP contribution in [0.4, 0.5) is 5.69 Å². The Morgan fingerprint density at radius 3 is 2.58 bits per heavy atom. The fourth-order valence-electron chi connectivity index (χ4n) is 1.66. The van der Waals surface area contributed by atoms with Gasteiger partial charge in [-0.1, -0.05) is 0 Å². The Morgan fingerprint density at radius 2 is 2.11 bits per heavy atom. The Labute approximate surface area is 124 Å². The minimum absolute atomic E-state index is 0.0286. The number of nitrogens with zero attached hydrogens (tertiary/aromatic N) is 2. The first-order valence-corrected chi connectivity index (χ1v) is 6.77. The average molecular weight is 378 g/mol. The number of nitro groups is 1. The summed E-state index contributed by atoms with van der Waals surface area (Å²) < 4.78 is 0.765. The van der Waals surface area contributed by atoms with Gasteiger partial charge in [-0.25, -0.2) is 0 Å². The van der Waals surface area contributed by atoms with Crippen molar-refractivity contribution < 1.29 is 14.8 Å². The van der Waals surface area contributed by atoms with Crippen LogP contribution in [0.5, 0.6) is 0 Å². The largest absolute Gasteiger partial charge is 0.480 e. The molecule has 0 unspecified atom stereocenters. The van der Waals surface area contributed by atoms with E-state index in [0.29, 0.717) is 6.54 Å². The zero-order chi connectivity index (χ0) is 14.6. The number of nitro benzene ring substituents is 1. The molecule has 7 heteroatoms. The maximum atomic E-state index is 10.8. The molecule has 0 bridgehead atoms. The van der Waals surface area contributed by atoms with Crippen molar-refractivity contribution in [1.29, 1.82) is 0 Å². The Hall–Kier alpha value is -1.22. The Balaban J connectivity index is 2.95. The van der Waals surface area contributed by atoms with Crippen molar-refractivity contribution in [1.82, 2.24) is 4.90 Å². The lowest BCUT2D eigenvalue weighted by Gasteiger charge is -2.24. The lowest BCUT2D eigenvalue weighted by Crippen LogP contribution is -2.35. The van der Waals surface area contributed by atoms with E-state index in [1.165, 1.54) is 12.1 Å². The lowest BCUT2D eigenvalue weighted by atomic mass is 10.1. The summed E-state index contributed by atoms with van der Waals surface area (Å²) in [5, 5.41) is 19.7. The van der Waals surface area contributed by atoms with Gasteiger partial charge in [-0.2, -0.15) is 0 Å². The first-order chi connectivity index (χ1) is 8.79. The number of hydrogen-bond donors (Lipinski definition) is 1. The molecular formula is C12H15IN2O4. The molecule has 0 heterocycles. The molecule has 0 spiro atoms. The fraction of sp³-hybridized carbons (Fsp3) is 0.417. The zero-order valence-electron chi connectivity index (χ0n) is 10.7. The first kappa shape index (κ1) is 15.8. The zero-order valence-corrected chi connectivity index (χ0v) is 12.8. The molecule has 0 aliphatic carbocycles. The van der Waals surface area contributed by atoms with E-state index in [1.807, 2.05) is 42.5 Å². The van der Waals surface area contributed by atoms with E-state index in [9.17, 15) is 14.9 Å². The van der Waals surface area contributed by atoms with Gasteiger partial charge < -0.3 is 5.11 Å². The van der Waals surface area contributed by atoms with Crippen LogP contribution in [0.3, 0.4) is 0 Å². The normalized spacial score (nSPS) is 11.0. The van der Waals surface area contributed by atoms with Gasteiger partial charge in [-0.05, 0) is 48.1 Å². The summed E-state index contributed by atoms with van der Waals surface area (Å²) in [6.07, 6.45) is 0. The second kappa shape index (κ2) is 6.80. The summed E-state index contributed by atoms with van der Waals surface area (Å²) in [5.74, 6) is -0.908. The van der Waals surface area contributed by atoms with Gasteiger partial charge in [-0.3, -0.25) is 19.8 Å². The quantitative estimate of drug-likeness (QED) is 0.467. The third kappa shape index (κ3) is 5.11. The second-order valence-corrected chi connectivity index (χ2v) is 5.71. The Morgan fingerprint density at radius 1 is 1.47 bits per heavy atom. The molecule has 0 fully saturated rings. The van der Waals surface area contributed by atoms with Crippen molar-refractivity contribution >= 4 is 34.2 Å². The van der Waals surface area contributed by atoms with Crippen LogP contribution in [0.15, 0.2) is 18.2 Å². The summed E-state index contributed by atoms with van der Waals surface area (Å²) in [6, 6.07) is 4.85. The van der Waals surface area contributed by atoms with Crippen LogP contribution in [0, 0.1) is 13.7 Å². The van der Waals surface area contributed by atoms with Crippen LogP contribution < -0.4 is 0 Å². The first-order valence-electron chi connectivity index (χ1n) is 5.69. The maximum absolute atomic E-state index is 10.8. The molecule has 0 aliphatic rings. The van der Waals surface area contributed by atoms with Crippen molar-refractivity contribution in [2.24, 2.45) is 0 Å². The van der Waals surface area contributed by atoms with Gasteiger partial charge in [0.1, 0.15) is 0 Å². The van der Waals surface area contributed by atoms with E-state index in [-0.39, 0.29) is 18.3 Å². The van der Waals surface area contributed by atoms with Crippen LogP contribution in [0.25, 0.3) is 0 Å². The highest BCUT2D eigenvalue weighted by atomic mass is 127. The molecule has 0 atom stereocenters. The van der Waals surface area contributed by atoms with Crippen molar-refractivity contribution in [3.8, 4) is 0 Å². The summed E-state index contributed by atoms with van der Waals surface area (Å²) in [4.78, 5) is 22.9. The van der Waals surface area contributed by atoms with E-state index in [0.717, 1.165) is 9.13 Å². The molecule has 104 valence electrons. The van der Waals surface area contributed by atoms with Crippen LogP contribution >= 0.6 is 22.6 Å². The van der Waals surface area contributed by atoms with Gasteiger partial charge in [0, 0.05) is 28.3 Å². The van der Waals surface area contributed by atoms with E-state index in [4.69, 9.17) is 5.11 Å². The monoisotopic (exact) mass is 378 g/mol. The number of hydrogen-bond acceptors (Lipinski definition) is 4. The topological polar surface area (TPSA) is 83.7 Å². The standard InChI is InChI=1S/C12H15IN2O4/c1-8(2)14(7-12(16)17)6-9-3-10(13)5-11(4-9)15(18)19/h3-5,8H,6-7H2,1-2H3,(H,16,17). The third-order valence-corrected chi connectivity index (χ3v) is 3.23. The number of non-ortho nitro benzene ring substituents is 1. The van der Waals surface area contributed by atoms with Gasteiger partial charge in [0.15, 0.2) is 0 Å². The lowest BCUT2D eigenvalue weighted by molar-refractivity contribution is -0.385. The molecule has 0 saturated heterocycles. The molecule has 0 saturated carbocycles. The second-order valence-electron chi connectivity index (χ2n) is 4.47. The average Bonchev–Trinajstić information content (AvgIpc) is 2.26. The number of aliphatic carboxylic acids is 1. The molecule has 0 aliphatic heterocycles. The van der Waals surface area contributed by atoms with E-state index >= 15 is 0 Å². The Kier molecular flexibility index (Phi) is 5.67. The van der Waals surface area contributed by atoms with E-state index in [2.05, 4.69) is 0 Å². The van der Waals surface area contributed by atoms with Gasteiger partial charge >= 0.3 is 5.97 Å². The van der Waals surface area contributed by atoms with Gasteiger partial charge in [0.25, 0.3) is 5.69 Å². The molecule has 1 rings (SSSR count). The van der Waals surface area contributed by atoms with Crippen molar-refractivity contribution in [2.45, 2.75) is 26.4 Å². The minimum atomic E-state index is -0.908. The Bertz CT molecular complexity index is 491. The van der Waals surface area contributed by atoms with Gasteiger partial charge in [-0.15, -0.1) is 0 Å². The molecule has 0 aromatic heterocycles. The summed E-state index contributed by atoms with van der Waals surface area (Å²) in [6.45, 7) is 4.08. The molecule has 19 heavy (non-hydrogen) atoms. The van der Waals surface area contributed by atoms with Crippen LogP contribution in [0.1, 0.15) is 19.4 Å². The molecular weight excluding hydrogens is 363 g/mol. The van der Waals surface area contributed by atoms with Gasteiger partial charge in [0.05, 0.1) is 11.5 Å². The van der Waals surface area contributed by atoms with Crippen LogP contribution in [0.2, 0.25) is 0 Å². The van der Waals surface area contributed by atoms with Crippen LogP contribution in [-0.2, 0) is 11.3 Å². The van der Waals surface area contributed by atoms with Crippen molar-refractivity contribution in [3.63, 3.8) is 0 Å². The molecule has 6 nitrogen and oxygen atoms in total. The highest BCUT2D eigenvalue weighted by Crippen LogP contribution is 2.20. The number of benzene rings is 1. The summed E-state index contributed by atoms with van der Waals surface area (Å²) in [7, 11) is 0. The van der Waals surface area contributed by atoms with Crippen molar-refractivity contribution in [3.05, 3.63) is 37.4 Å². The number of carboxylic acids is 1. The van der Waals surface area contributed by atoms with Gasteiger partial charge in [0.2, 0.25) is 0 Å². The number of carbonyl (C=O) groups is 1. The third-order valence-electron chi connectivity index (χ3n) is 2.61. The molecule has 1 aromatic rings. The molecule has 1 N–H and O–H groups in total. The van der Waals surface area contributed by atoms with E-state index < -0.39 is 10.9 Å². The van der Waals surface area contributed by atoms with E-state index in [1.54, 1.807) is 4.90 Å². The molecule has 1 aromatic carbocycles. The summed E-state index contributed by atoms with van der Waals surface area (Å²) >= 11 is 2.01. The number of carboxylic acid groups (broad SMARTS) is 1. The maximum Gasteiger partial charge on any atom is 0.317 e. The highest BCUT2D eigenvalue weighted by molar-refractivity contribution is 14.1. The minimum Gasteiger partial charge on any atom is -0.480 e.